The van der Waals surface area contributed by atoms with E-state index in [4.69, 9.17) is 0 Å². The summed E-state index contributed by atoms with van der Waals surface area (Å²) in [5, 5.41) is 7.49. The first-order chi connectivity index (χ1) is 17.6. The molecule has 1 aliphatic heterocycles. The molecule has 3 aromatic rings. The highest BCUT2D eigenvalue weighted by molar-refractivity contribution is 7.19. The van der Waals surface area contributed by atoms with Gasteiger partial charge in [-0.2, -0.15) is 13.2 Å². The minimum absolute atomic E-state index is 0.0132. The molecule has 37 heavy (non-hydrogen) atoms. The Labute approximate surface area is 216 Å². The van der Waals surface area contributed by atoms with E-state index < -0.39 is 11.7 Å². The van der Waals surface area contributed by atoms with E-state index in [1.807, 2.05) is 0 Å². The van der Waals surface area contributed by atoms with Crippen LogP contribution in [0.4, 0.5) is 34.7 Å². The number of hydrogen-bond donors (Lipinski definition) is 2. The van der Waals surface area contributed by atoms with Crippen LogP contribution in [0.2, 0.25) is 0 Å². The predicted octanol–water partition coefficient (Wildman–Crippen LogP) is 5.77. The van der Waals surface area contributed by atoms with Gasteiger partial charge in [0.15, 0.2) is 5.13 Å². The van der Waals surface area contributed by atoms with Crippen molar-refractivity contribution >= 4 is 44.7 Å². The van der Waals surface area contributed by atoms with Crippen molar-refractivity contribution in [3.63, 3.8) is 0 Å². The highest BCUT2D eigenvalue weighted by atomic mass is 32.1. The van der Waals surface area contributed by atoms with E-state index >= 15 is 0 Å². The van der Waals surface area contributed by atoms with Gasteiger partial charge in [-0.15, -0.1) is 0 Å². The fourth-order valence-corrected chi connectivity index (χ4v) is 4.89. The molecule has 0 saturated carbocycles. The van der Waals surface area contributed by atoms with E-state index in [2.05, 4.69) is 22.2 Å². The maximum absolute atomic E-state index is 13.0. The Morgan fingerprint density at radius 2 is 1.86 bits per heavy atom. The molecule has 4 rings (SSSR count). The third-order valence-corrected chi connectivity index (χ3v) is 7.03. The average molecular weight is 530 g/mol. The molecule has 0 bridgehead atoms. The van der Waals surface area contributed by atoms with Gasteiger partial charge in [0, 0.05) is 43.1 Å². The molecule has 2 aromatic carbocycles. The number of hydrogen-bond acceptors (Lipinski definition) is 6. The van der Waals surface area contributed by atoms with E-state index in [0.29, 0.717) is 35.2 Å². The normalized spacial score (nSPS) is 15.7. The van der Waals surface area contributed by atoms with Crippen molar-refractivity contribution in [3.8, 4) is 0 Å². The molecule has 2 heterocycles. The van der Waals surface area contributed by atoms with Crippen molar-refractivity contribution in [2.24, 2.45) is 0 Å². The lowest BCUT2D eigenvalue weighted by Gasteiger charge is -2.33. The molecule has 0 unspecified atom stereocenters. The smallest absolute Gasteiger partial charge is 0.357 e. The van der Waals surface area contributed by atoms with E-state index in [-0.39, 0.29) is 17.9 Å². The average Bonchev–Trinajstić information content (AvgIpc) is 3.36. The summed E-state index contributed by atoms with van der Waals surface area (Å²) in [6, 6.07) is 11.7. The number of nitrogens with zero attached hydrogens (tertiary/aromatic N) is 3. The first kappa shape index (κ1) is 26.2. The molecule has 1 aliphatic rings. The van der Waals surface area contributed by atoms with E-state index in [0.717, 1.165) is 30.0 Å². The van der Waals surface area contributed by atoms with Crippen molar-refractivity contribution in [1.82, 2.24) is 9.88 Å². The molecular weight excluding hydrogens is 503 g/mol. The van der Waals surface area contributed by atoms with Crippen LogP contribution in [0.1, 0.15) is 28.8 Å². The number of nitrogens with one attached hydrogen (secondary N) is 2. The Bertz CT molecular complexity index is 1260. The van der Waals surface area contributed by atoms with Crippen LogP contribution in [0.15, 0.2) is 67.4 Å². The molecule has 2 amide bonds. The molecular formula is C26H26F3N5O2S. The van der Waals surface area contributed by atoms with Crippen molar-refractivity contribution in [2.45, 2.75) is 25.1 Å². The van der Waals surface area contributed by atoms with Gasteiger partial charge in [0.05, 0.1) is 11.8 Å². The number of carbonyl (C=O) groups is 2. The van der Waals surface area contributed by atoms with Crippen molar-refractivity contribution in [2.75, 3.05) is 35.7 Å². The van der Waals surface area contributed by atoms with Crippen LogP contribution in [0.25, 0.3) is 0 Å². The van der Waals surface area contributed by atoms with Crippen LogP contribution in [0.3, 0.4) is 0 Å². The van der Waals surface area contributed by atoms with Crippen LogP contribution in [0, 0.1) is 0 Å². The topological polar surface area (TPSA) is 77.6 Å². The largest absolute Gasteiger partial charge is 0.416 e. The fraction of sp³-hybridized carbons (Fsp3) is 0.269. The van der Waals surface area contributed by atoms with Gasteiger partial charge in [-0.05, 0) is 67.4 Å². The quantitative estimate of drug-likeness (QED) is 0.380. The van der Waals surface area contributed by atoms with E-state index in [1.54, 1.807) is 47.3 Å². The summed E-state index contributed by atoms with van der Waals surface area (Å²) >= 11 is 1.39. The monoisotopic (exact) mass is 529 g/mol. The summed E-state index contributed by atoms with van der Waals surface area (Å²) in [5.74, 6) is -0.408. The minimum Gasteiger partial charge on any atom is -0.357 e. The molecule has 7 nitrogen and oxygen atoms in total. The van der Waals surface area contributed by atoms with Crippen LogP contribution in [0.5, 0.6) is 0 Å². The van der Waals surface area contributed by atoms with E-state index in [1.165, 1.54) is 29.5 Å². The SMILES string of the molecule is C=CC(=O)Nc1ccc(C(=O)N2CCC[C@@H](Nc3ncc(N(C)c4ccc(C(F)(F)F)cc4)s3)C2)cc1. The Balaban J connectivity index is 1.36. The number of alkyl halides is 3. The zero-order valence-corrected chi connectivity index (χ0v) is 20.9. The van der Waals surface area contributed by atoms with Crippen molar-refractivity contribution in [3.05, 3.63) is 78.5 Å². The number of benzene rings is 2. The van der Waals surface area contributed by atoms with Crippen molar-refractivity contribution in [1.29, 1.82) is 0 Å². The molecule has 1 saturated heterocycles. The zero-order valence-electron chi connectivity index (χ0n) is 20.1. The molecule has 0 radical (unpaired) electrons. The summed E-state index contributed by atoms with van der Waals surface area (Å²) in [7, 11) is 1.77. The van der Waals surface area contributed by atoms with Gasteiger partial charge < -0.3 is 20.4 Å². The Morgan fingerprint density at radius 3 is 2.51 bits per heavy atom. The van der Waals surface area contributed by atoms with Gasteiger partial charge >= 0.3 is 6.18 Å². The summed E-state index contributed by atoms with van der Waals surface area (Å²) < 4.78 is 38.5. The first-order valence-corrected chi connectivity index (χ1v) is 12.4. The van der Waals surface area contributed by atoms with Gasteiger partial charge in [-0.1, -0.05) is 17.9 Å². The Hall–Kier alpha value is -3.86. The fourth-order valence-electron chi connectivity index (χ4n) is 4.01. The Morgan fingerprint density at radius 1 is 1.16 bits per heavy atom. The summed E-state index contributed by atoms with van der Waals surface area (Å²) in [6.45, 7) is 4.57. The first-order valence-electron chi connectivity index (χ1n) is 11.6. The number of carbonyl (C=O) groups excluding carboxylic acids is 2. The number of amides is 2. The summed E-state index contributed by atoms with van der Waals surface area (Å²) in [6.07, 6.45) is 0.183. The molecule has 0 aliphatic carbocycles. The highest BCUT2D eigenvalue weighted by Gasteiger charge is 2.30. The minimum atomic E-state index is -4.37. The van der Waals surface area contributed by atoms with Gasteiger partial charge in [0.25, 0.3) is 5.91 Å². The number of piperidine rings is 1. The maximum Gasteiger partial charge on any atom is 0.416 e. The van der Waals surface area contributed by atoms with E-state index in [9.17, 15) is 22.8 Å². The van der Waals surface area contributed by atoms with Crippen molar-refractivity contribution < 1.29 is 22.8 Å². The van der Waals surface area contributed by atoms with Gasteiger partial charge in [0.1, 0.15) is 5.00 Å². The number of rotatable bonds is 7. The molecule has 1 aromatic heterocycles. The third kappa shape index (κ3) is 6.48. The molecule has 194 valence electrons. The van der Waals surface area contributed by atoms with Crippen LogP contribution < -0.4 is 15.5 Å². The molecule has 1 fully saturated rings. The standard InChI is InChI=1S/C26H26F3N5O2S/c1-3-22(35)31-19-10-6-17(7-11-19)24(36)34-14-4-5-20(16-34)32-25-30-15-23(37-25)33(2)21-12-8-18(9-13-21)26(27,28)29/h3,6-13,15,20H,1,4-5,14,16H2,2H3,(H,30,32)(H,31,35)/t20-/m1/s1. The predicted molar refractivity (Wildman–Crippen MR) is 139 cm³/mol. The van der Waals surface area contributed by atoms with Crippen LogP contribution in [-0.4, -0.2) is 47.9 Å². The molecule has 11 heteroatoms. The van der Waals surface area contributed by atoms with Crippen LogP contribution in [-0.2, 0) is 11.0 Å². The number of likely N-dealkylation sites (tertiary alicyclic amines) is 1. The maximum atomic E-state index is 13.0. The zero-order chi connectivity index (χ0) is 26.6. The Kier molecular flexibility index (Phi) is 7.82. The summed E-state index contributed by atoms with van der Waals surface area (Å²) in [4.78, 5) is 32.5. The second kappa shape index (κ2) is 11.0. The second-order valence-electron chi connectivity index (χ2n) is 8.61. The highest BCUT2D eigenvalue weighted by Crippen LogP contribution is 2.35. The van der Waals surface area contributed by atoms with Gasteiger partial charge in [-0.3, -0.25) is 9.59 Å². The van der Waals surface area contributed by atoms with Gasteiger partial charge in [-0.25, -0.2) is 4.98 Å². The van der Waals surface area contributed by atoms with Crippen LogP contribution >= 0.6 is 11.3 Å². The number of aromatic nitrogens is 1. The molecule has 0 spiro atoms. The molecule has 2 N–H and O–H groups in total. The number of halogens is 3. The molecule has 1 atom stereocenters. The number of thiazole rings is 1. The lowest BCUT2D eigenvalue weighted by Crippen LogP contribution is -2.45. The number of anilines is 4. The lowest BCUT2D eigenvalue weighted by molar-refractivity contribution is -0.137. The van der Waals surface area contributed by atoms with Gasteiger partial charge in [0.2, 0.25) is 5.91 Å². The summed E-state index contributed by atoms with van der Waals surface area (Å²) in [5.41, 5.74) is 1.04. The second-order valence-corrected chi connectivity index (χ2v) is 9.62. The third-order valence-electron chi connectivity index (χ3n) is 6.03. The lowest BCUT2D eigenvalue weighted by atomic mass is 10.0.